The second kappa shape index (κ2) is 8.74. The molecule has 0 radical (unpaired) electrons. The summed E-state index contributed by atoms with van der Waals surface area (Å²) in [6, 6.07) is 0. The van der Waals surface area contributed by atoms with Crippen LogP contribution in [-0.4, -0.2) is 28.0 Å². The quantitative estimate of drug-likeness (QED) is 0.302. The summed E-state index contributed by atoms with van der Waals surface area (Å²) in [5.41, 5.74) is -0.985. The summed E-state index contributed by atoms with van der Waals surface area (Å²) in [5.74, 6) is 3.25. The van der Waals surface area contributed by atoms with Gasteiger partial charge in [0, 0.05) is 5.57 Å². The number of aliphatic hydroxyl groups is 1. The summed E-state index contributed by atoms with van der Waals surface area (Å²) in [6.07, 6.45) is 6.19. The van der Waals surface area contributed by atoms with Crippen LogP contribution in [0.4, 0.5) is 0 Å². The van der Waals surface area contributed by atoms with E-state index in [0.717, 1.165) is 11.8 Å². The highest BCUT2D eigenvalue weighted by molar-refractivity contribution is 8.01. The third-order valence-corrected chi connectivity index (χ3v) is 2.65. The molecule has 3 N–H and O–H groups in total. The van der Waals surface area contributed by atoms with E-state index >= 15 is 0 Å². The molecule has 6 heteroatoms. The van der Waals surface area contributed by atoms with E-state index < -0.39 is 17.2 Å². The number of nitrogens with two attached hydrogens (primary N) is 1. The lowest BCUT2D eigenvalue weighted by atomic mass is 10.1. The lowest BCUT2D eigenvalue weighted by Crippen LogP contribution is -2.21. The first-order chi connectivity index (χ1) is 8.06. The molecule has 5 nitrogen and oxygen atoms in total. The van der Waals surface area contributed by atoms with Crippen LogP contribution in [0, 0.1) is 0 Å². The zero-order valence-corrected chi connectivity index (χ0v) is 10.3. The van der Waals surface area contributed by atoms with Gasteiger partial charge in [-0.25, -0.2) is 4.79 Å². The number of carbonyl (C=O) groups excluding carboxylic acids is 2. The van der Waals surface area contributed by atoms with E-state index in [4.69, 9.17) is 0 Å². The Kier molecular flexibility index (Phi) is 8.04. The van der Waals surface area contributed by atoms with Crippen molar-refractivity contribution in [3.05, 3.63) is 36.5 Å². The van der Waals surface area contributed by atoms with E-state index in [1.165, 1.54) is 12.2 Å². The monoisotopic (exact) mass is 257 g/mol. The van der Waals surface area contributed by atoms with E-state index in [0.29, 0.717) is 5.57 Å². The Morgan fingerprint density at radius 1 is 1.59 bits per heavy atom. The van der Waals surface area contributed by atoms with Crippen molar-refractivity contribution in [2.24, 2.45) is 5.90 Å². The molecule has 0 spiro atoms. The molecule has 0 rings (SSSR count). The Labute approximate surface area is 104 Å². The molecule has 17 heavy (non-hydrogen) atoms. The minimum absolute atomic E-state index is 0.189. The van der Waals surface area contributed by atoms with E-state index in [9.17, 15) is 14.7 Å². The van der Waals surface area contributed by atoms with Crippen molar-refractivity contribution in [2.45, 2.75) is 12.4 Å². The zero-order valence-electron chi connectivity index (χ0n) is 9.46. The van der Waals surface area contributed by atoms with Crippen LogP contribution < -0.4 is 5.90 Å². The molecule has 1 atom stereocenters. The number of aliphatic hydroxyl groups excluding tert-OH is 1. The Bertz CT molecular complexity index is 349. The van der Waals surface area contributed by atoms with Crippen LogP contribution >= 0.6 is 11.8 Å². The predicted molar refractivity (Wildman–Crippen MR) is 66.8 cm³/mol. The van der Waals surface area contributed by atoms with Crippen LogP contribution in [0.2, 0.25) is 0 Å². The minimum Gasteiger partial charge on any atom is -0.374 e. The number of Topliss-reactive ketones (excluding diaryl/α,β-unsaturated/α-hetero) is 1. The Balaban J connectivity index is 4.42. The van der Waals surface area contributed by atoms with Gasteiger partial charge in [0.05, 0.1) is 5.75 Å². The van der Waals surface area contributed by atoms with Crippen LogP contribution in [0.25, 0.3) is 0 Å². The van der Waals surface area contributed by atoms with Crippen molar-refractivity contribution < 1.29 is 19.5 Å². The van der Waals surface area contributed by atoms with Gasteiger partial charge in [-0.15, -0.1) is 11.8 Å². The van der Waals surface area contributed by atoms with Crippen molar-refractivity contribution in [1.29, 1.82) is 0 Å². The molecular weight excluding hydrogens is 242 g/mol. The largest absolute Gasteiger partial charge is 0.374 e. The van der Waals surface area contributed by atoms with Crippen LogP contribution in [0.1, 0.15) is 6.92 Å². The van der Waals surface area contributed by atoms with Crippen LogP contribution in [0.15, 0.2) is 36.5 Å². The third kappa shape index (κ3) is 6.06. The molecule has 1 unspecified atom stereocenters. The summed E-state index contributed by atoms with van der Waals surface area (Å²) in [5, 5.41) is 9.53. The van der Waals surface area contributed by atoms with Gasteiger partial charge in [0.2, 0.25) is 5.78 Å². The number of carbonyl (C=O) groups is 2. The van der Waals surface area contributed by atoms with Gasteiger partial charge < -0.3 is 9.94 Å². The number of thioether (sulfide) groups is 1. The summed E-state index contributed by atoms with van der Waals surface area (Å²) >= 11 is 0.745. The van der Waals surface area contributed by atoms with Crippen molar-refractivity contribution >= 4 is 23.5 Å². The molecule has 0 saturated heterocycles. The summed E-state index contributed by atoms with van der Waals surface area (Å²) in [4.78, 5) is 26.3. The van der Waals surface area contributed by atoms with Crippen molar-refractivity contribution in [2.75, 3.05) is 5.75 Å². The lowest BCUT2D eigenvalue weighted by molar-refractivity contribution is -0.140. The normalized spacial score (nSPS) is 13.5. The summed E-state index contributed by atoms with van der Waals surface area (Å²) in [7, 11) is 0. The summed E-state index contributed by atoms with van der Waals surface area (Å²) < 4.78 is 0. The molecule has 0 amide bonds. The first kappa shape index (κ1) is 15.6. The molecular formula is C11H15NO4S. The number of hydrogen-bond donors (Lipinski definition) is 2. The van der Waals surface area contributed by atoms with Crippen LogP contribution in [0.3, 0.4) is 0 Å². The zero-order chi connectivity index (χ0) is 13.3. The van der Waals surface area contributed by atoms with Gasteiger partial charge in [0.25, 0.3) is 0 Å². The van der Waals surface area contributed by atoms with Crippen molar-refractivity contribution in [1.82, 2.24) is 0 Å². The van der Waals surface area contributed by atoms with E-state index in [1.54, 1.807) is 19.1 Å². The van der Waals surface area contributed by atoms with Gasteiger partial charge in [-0.3, -0.25) is 4.79 Å². The molecule has 0 aliphatic carbocycles. The molecule has 0 heterocycles. The first-order valence-corrected chi connectivity index (χ1v) is 5.80. The lowest BCUT2D eigenvalue weighted by Gasteiger charge is -2.08. The van der Waals surface area contributed by atoms with E-state index in [2.05, 4.69) is 17.3 Å². The van der Waals surface area contributed by atoms with Gasteiger partial charge in [0.1, 0.15) is 0 Å². The molecule has 0 aliphatic heterocycles. The maximum atomic E-state index is 11.7. The molecule has 0 aliphatic rings. The highest BCUT2D eigenvalue weighted by Gasteiger charge is 2.19. The smallest absolute Gasteiger partial charge is 0.334 e. The molecule has 0 bridgehead atoms. The second-order valence-corrected chi connectivity index (χ2v) is 3.92. The van der Waals surface area contributed by atoms with Gasteiger partial charge >= 0.3 is 5.97 Å². The average molecular weight is 257 g/mol. The number of allylic oxidation sites excluding steroid dienone is 4. The van der Waals surface area contributed by atoms with Crippen molar-refractivity contribution in [3.63, 3.8) is 0 Å². The molecule has 94 valence electrons. The fourth-order valence-corrected chi connectivity index (χ4v) is 1.54. The first-order valence-electron chi connectivity index (χ1n) is 4.75. The van der Waals surface area contributed by atoms with E-state index in [-0.39, 0.29) is 5.75 Å². The fraction of sp³-hybridized carbons (Fsp3) is 0.273. The van der Waals surface area contributed by atoms with Crippen LogP contribution in [0.5, 0.6) is 0 Å². The highest BCUT2D eigenvalue weighted by atomic mass is 32.2. The van der Waals surface area contributed by atoms with Gasteiger partial charge in [-0.05, 0) is 6.92 Å². The average Bonchev–Trinajstić information content (AvgIpc) is 2.35. The van der Waals surface area contributed by atoms with Crippen molar-refractivity contribution in [3.8, 4) is 0 Å². The Hall–Kier alpha value is -1.37. The molecule has 0 fully saturated rings. The minimum atomic E-state index is -1.32. The van der Waals surface area contributed by atoms with E-state index in [1.807, 2.05) is 0 Å². The highest BCUT2D eigenvalue weighted by Crippen LogP contribution is 2.14. The van der Waals surface area contributed by atoms with Gasteiger partial charge in [-0.1, -0.05) is 30.9 Å². The number of rotatable bonds is 7. The number of hydrogen-bond acceptors (Lipinski definition) is 6. The SMILES string of the molecule is C=C/C=C\C(=C/C)C(=O)C(O)SCC(=O)ON. The van der Waals surface area contributed by atoms with Gasteiger partial charge in [-0.2, -0.15) is 5.90 Å². The Morgan fingerprint density at radius 2 is 2.24 bits per heavy atom. The maximum Gasteiger partial charge on any atom is 0.334 e. The molecule has 0 aromatic carbocycles. The fourth-order valence-electron chi connectivity index (χ4n) is 0.892. The topological polar surface area (TPSA) is 89.6 Å². The molecule has 0 saturated carbocycles. The molecule has 0 aromatic heterocycles. The summed E-state index contributed by atoms with van der Waals surface area (Å²) in [6.45, 7) is 5.15. The Morgan fingerprint density at radius 3 is 2.71 bits per heavy atom. The number of ketones is 1. The maximum absolute atomic E-state index is 11.7. The molecule has 0 aromatic rings. The second-order valence-electron chi connectivity index (χ2n) is 2.86. The van der Waals surface area contributed by atoms with Gasteiger partial charge in [0.15, 0.2) is 5.44 Å². The third-order valence-electron chi connectivity index (χ3n) is 1.72. The van der Waals surface area contributed by atoms with Crippen LogP contribution in [-0.2, 0) is 14.4 Å². The predicted octanol–water partition coefficient (Wildman–Crippen LogP) is 0.712. The standard InChI is InChI=1S/C11H15NO4S/c1-3-5-6-8(4-2)10(14)11(15)17-7-9(13)16-12/h3-6,11,15H,1,7,12H2,2H3/b6-5-,8-4+.